The molecule has 0 aromatic heterocycles. The minimum absolute atomic E-state index is 0.0864. The second kappa shape index (κ2) is 6.22. The van der Waals surface area contributed by atoms with Crippen molar-refractivity contribution in [1.82, 2.24) is 10.6 Å². The quantitative estimate of drug-likeness (QED) is 0.778. The summed E-state index contributed by atoms with van der Waals surface area (Å²) in [6, 6.07) is 3.48. The van der Waals surface area contributed by atoms with Gasteiger partial charge in [-0.25, -0.2) is 0 Å². The van der Waals surface area contributed by atoms with Crippen molar-refractivity contribution in [2.45, 2.75) is 18.9 Å². The zero-order chi connectivity index (χ0) is 14.8. The van der Waals surface area contributed by atoms with Crippen molar-refractivity contribution in [3.05, 3.63) is 28.3 Å². The van der Waals surface area contributed by atoms with Crippen LogP contribution >= 0.6 is 11.6 Å². The fraction of sp³-hybridized carbons (Fsp3) is 0.533. The molecule has 0 radical (unpaired) electrons. The van der Waals surface area contributed by atoms with Crippen LogP contribution in [0.1, 0.15) is 22.3 Å². The number of fused-ring (bicyclic) bond motifs is 1. The van der Waals surface area contributed by atoms with Gasteiger partial charge in [-0.2, -0.15) is 0 Å². The molecule has 3 N–H and O–H groups in total. The van der Waals surface area contributed by atoms with Gasteiger partial charge in [0.2, 0.25) is 0 Å². The molecule has 21 heavy (non-hydrogen) atoms. The van der Waals surface area contributed by atoms with Crippen molar-refractivity contribution in [1.29, 1.82) is 0 Å². The Morgan fingerprint density at radius 1 is 1.52 bits per heavy atom. The van der Waals surface area contributed by atoms with E-state index >= 15 is 0 Å². The van der Waals surface area contributed by atoms with Crippen molar-refractivity contribution in [2.75, 3.05) is 26.2 Å². The normalized spacial score (nSPS) is 24.3. The lowest BCUT2D eigenvalue weighted by atomic mass is 9.95. The SMILES string of the molecule is O=C(NC[C@@H]1CCNC[C@@H]1O)c1cc(Cl)cc2c1OCC2. The van der Waals surface area contributed by atoms with Crippen molar-refractivity contribution >= 4 is 17.5 Å². The van der Waals surface area contributed by atoms with Crippen LogP contribution in [0.5, 0.6) is 5.75 Å². The summed E-state index contributed by atoms with van der Waals surface area (Å²) >= 11 is 6.06. The van der Waals surface area contributed by atoms with Crippen LogP contribution in [0.4, 0.5) is 0 Å². The molecule has 2 aliphatic heterocycles. The number of halogens is 1. The van der Waals surface area contributed by atoms with Crippen LogP contribution in [-0.4, -0.2) is 43.4 Å². The number of ether oxygens (including phenoxy) is 1. The van der Waals surface area contributed by atoms with E-state index in [1.54, 1.807) is 6.07 Å². The maximum absolute atomic E-state index is 12.4. The Labute approximate surface area is 128 Å². The molecule has 0 bridgehead atoms. The minimum Gasteiger partial charge on any atom is -0.492 e. The van der Waals surface area contributed by atoms with Gasteiger partial charge in [0.25, 0.3) is 5.91 Å². The number of rotatable bonds is 3. The third-order valence-corrected chi connectivity index (χ3v) is 4.33. The number of amides is 1. The predicted octanol–water partition coefficient (Wildman–Crippen LogP) is 0.975. The first-order valence-electron chi connectivity index (χ1n) is 7.27. The Morgan fingerprint density at radius 2 is 2.38 bits per heavy atom. The number of nitrogens with one attached hydrogen (secondary N) is 2. The highest BCUT2D eigenvalue weighted by molar-refractivity contribution is 6.31. The lowest BCUT2D eigenvalue weighted by molar-refractivity contribution is 0.0752. The molecular formula is C15H19ClN2O3. The van der Waals surface area contributed by atoms with Crippen LogP contribution in [0.2, 0.25) is 5.02 Å². The third kappa shape index (κ3) is 3.15. The van der Waals surface area contributed by atoms with Crippen LogP contribution in [0, 0.1) is 5.92 Å². The zero-order valence-corrected chi connectivity index (χ0v) is 12.4. The maximum atomic E-state index is 12.4. The fourth-order valence-corrected chi connectivity index (χ4v) is 3.13. The van der Waals surface area contributed by atoms with Crippen LogP contribution in [0.3, 0.4) is 0 Å². The second-order valence-corrected chi connectivity index (χ2v) is 6.01. The molecule has 2 atom stereocenters. The summed E-state index contributed by atoms with van der Waals surface area (Å²) in [5, 5.41) is 16.5. The summed E-state index contributed by atoms with van der Waals surface area (Å²) in [5.74, 6) is 0.535. The van der Waals surface area contributed by atoms with E-state index in [4.69, 9.17) is 16.3 Å². The van der Waals surface area contributed by atoms with E-state index in [0.29, 0.717) is 36.0 Å². The Morgan fingerprint density at radius 3 is 3.19 bits per heavy atom. The van der Waals surface area contributed by atoms with Gasteiger partial charge in [0.1, 0.15) is 5.75 Å². The molecule has 2 heterocycles. The van der Waals surface area contributed by atoms with E-state index in [0.717, 1.165) is 24.9 Å². The first kappa shape index (κ1) is 14.6. The number of carbonyl (C=O) groups is 1. The van der Waals surface area contributed by atoms with Gasteiger partial charge in [0, 0.05) is 30.5 Å². The number of β-amino-alcohol motifs (C(OH)–C–C–N with tert-alkyl or cyclic N) is 1. The molecule has 1 amide bonds. The molecule has 1 aromatic carbocycles. The van der Waals surface area contributed by atoms with E-state index in [1.807, 2.05) is 6.07 Å². The van der Waals surface area contributed by atoms with Gasteiger partial charge in [0.15, 0.2) is 0 Å². The van der Waals surface area contributed by atoms with Gasteiger partial charge in [-0.1, -0.05) is 11.6 Å². The highest BCUT2D eigenvalue weighted by Crippen LogP contribution is 2.32. The fourth-order valence-electron chi connectivity index (χ4n) is 2.89. The standard InChI is InChI=1S/C15H19ClN2O3/c16-11-5-9-2-4-21-14(9)12(6-11)15(20)18-7-10-1-3-17-8-13(10)19/h5-6,10,13,17,19H,1-4,7-8H2,(H,18,20)/t10-,13-/m0/s1. The summed E-state index contributed by atoms with van der Waals surface area (Å²) in [4.78, 5) is 12.4. The van der Waals surface area contributed by atoms with E-state index < -0.39 is 6.10 Å². The number of piperidine rings is 1. The Hall–Kier alpha value is -1.30. The molecule has 1 fully saturated rings. The van der Waals surface area contributed by atoms with Crippen molar-refractivity contribution in [3.8, 4) is 5.75 Å². The van der Waals surface area contributed by atoms with Crippen LogP contribution in [-0.2, 0) is 6.42 Å². The van der Waals surface area contributed by atoms with E-state index in [9.17, 15) is 9.90 Å². The number of aliphatic hydroxyl groups excluding tert-OH is 1. The molecule has 1 saturated heterocycles. The Bertz CT molecular complexity index is 550. The molecule has 0 saturated carbocycles. The molecule has 0 unspecified atom stereocenters. The topological polar surface area (TPSA) is 70.6 Å². The van der Waals surface area contributed by atoms with E-state index in [2.05, 4.69) is 10.6 Å². The first-order chi connectivity index (χ1) is 10.1. The average molecular weight is 311 g/mol. The van der Waals surface area contributed by atoms with Crippen molar-refractivity contribution in [3.63, 3.8) is 0 Å². The van der Waals surface area contributed by atoms with Crippen LogP contribution < -0.4 is 15.4 Å². The van der Waals surface area contributed by atoms with Crippen molar-refractivity contribution in [2.24, 2.45) is 5.92 Å². The zero-order valence-electron chi connectivity index (χ0n) is 11.7. The summed E-state index contributed by atoms with van der Waals surface area (Å²) in [6.45, 7) is 2.50. The summed E-state index contributed by atoms with van der Waals surface area (Å²) < 4.78 is 5.54. The molecule has 2 aliphatic rings. The number of benzene rings is 1. The number of aliphatic hydroxyl groups is 1. The van der Waals surface area contributed by atoms with Crippen LogP contribution in [0.25, 0.3) is 0 Å². The number of hydrogen-bond donors (Lipinski definition) is 3. The Balaban J connectivity index is 1.68. The lowest BCUT2D eigenvalue weighted by Crippen LogP contribution is -2.45. The summed E-state index contributed by atoms with van der Waals surface area (Å²) in [5.41, 5.74) is 1.47. The third-order valence-electron chi connectivity index (χ3n) is 4.11. The molecule has 0 spiro atoms. The average Bonchev–Trinajstić information content (AvgIpc) is 2.93. The molecular weight excluding hydrogens is 292 g/mol. The summed E-state index contributed by atoms with van der Waals surface area (Å²) in [7, 11) is 0. The van der Waals surface area contributed by atoms with Crippen molar-refractivity contribution < 1.29 is 14.6 Å². The minimum atomic E-state index is -0.416. The molecule has 1 aromatic rings. The van der Waals surface area contributed by atoms with Crippen LogP contribution in [0.15, 0.2) is 12.1 Å². The first-order valence-corrected chi connectivity index (χ1v) is 7.65. The molecule has 6 heteroatoms. The van der Waals surface area contributed by atoms with Gasteiger partial charge < -0.3 is 20.5 Å². The van der Waals surface area contributed by atoms with E-state index in [1.165, 1.54) is 0 Å². The number of carbonyl (C=O) groups excluding carboxylic acids is 1. The van der Waals surface area contributed by atoms with Gasteiger partial charge in [-0.3, -0.25) is 4.79 Å². The number of hydrogen-bond acceptors (Lipinski definition) is 4. The van der Waals surface area contributed by atoms with Gasteiger partial charge in [-0.15, -0.1) is 0 Å². The smallest absolute Gasteiger partial charge is 0.255 e. The highest BCUT2D eigenvalue weighted by Gasteiger charge is 2.25. The highest BCUT2D eigenvalue weighted by atomic mass is 35.5. The van der Waals surface area contributed by atoms with Gasteiger partial charge in [0.05, 0.1) is 18.3 Å². The van der Waals surface area contributed by atoms with Gasteiger partial charge in [-0.05, 0) is 30.7 Å². The van der Waals surface area contributed by atoms with Gasteiger partial charge >= 0.3 is 0 Å². The predicted molar refractivity (Wildman–Crippen MR) is 80.0 cm³/mol. The molecule has 0 aliphatic carbocycles. The largest absolute Gasteiger partial charge is 0.492 e. The maximum Gasteiger partial charge on any atom is 0.255 e. The second-order valence-electron chi connectivity index (χ2n) is 5.57. The van der Waals surface area contributed by atoms with E-state index in [-0.39, 0.29) is 11.8 Å². The lowest BCUT2D eigenvalue weighted by Gasteiger charge is -2.28. The molecule has 114 valence electrons. The Kier molecular flexibility index (Phi) is 4.33. The summed E-state index contributed by atoms with van der Waals surface area (Å²) in [6.07, 6.45) is 1.22. The monoisotopic (exact) mass is 310 g/mol. The molecule has 5 nitrogen and oxygen atoms in total. The molecule has 3 rings (SSSR count).